The van der Waals surface area contributed by atoms with Crippen LogP contribution in [0.5, 0.6) is 17.2 Å². The fraction of sp³-hybridized carbons (Fsp3) is 0.394. The molecule has 0 unspecified atom stereocenters. The Hall–Kier alpha value is -3.40. The summed E-state index contributed by atoms with van der Waals surface area (Å²) in [6.07, 6.45) is -0.819. The number of methoxy groups -OCH3 is 3. The van der Waals surface area contributed by atoms with Crippen LogP contribution in [0.25, 0.3) is 0 Å². The second-order valence-corrected chi connectivity index (χ2v) is 9.70. The standard InChI is InChI=1S/C33H40O8/c1-6-19-37-33-32(40-22-26-11-17-29(36-5)18-12-26)31(39-21-25-9-15-28(35-4)16-10-25)30(23(2)41-33)38-20-24-7-13-27(34-3)14-8-24/h6-18,23,30-33H,1,19-22H2,2-5H3/t23-,30+,31+,32-,33+/m0/s1. The molecule has 8 heteroatoms. The molecule has 3 aromatic rings. The highest BCUT2D eigenvalue weighted by atomic mass is 16.7. The van der Waals surface area contributed by atoms with E-state index in [0.717, 1.165) is 33.9 Å². The summed E-state index contributed by atoms with van der Waals surface area (Å²) in [6.45, 7) is 7.11. The molecule has 0 spiro atoms. The van der Waals surface area contributed by atoms with Gasteiger partial charge >= 0.3 is 0 Å². The minimum absolute atomic E-state index is 0.308. The number of rotatable bonds is 15. The molecular formula is C33H40O8. The van der Waals surface area contributed by atoms with Crippen molar-refractivity contribution in [3.05, 3.63) is 102 Å². The van der Waals surface area contributed by atoms with Gasteiger partial charge in [-0.25, -0.2) is 0 Å². The lowest BCUT2D eigenvalue weighted by atomic mass is 9.98. The zero-order valence-corrected chi connectivity index (χ0v) is 24.2. The van der Waals surface area contributed by atoms with Gasteiger partial charge in [-0.2, -0.15) is 0 Å². The molecule has 41 heavy (non-hydrogen) atoms. The summed E-state index contributed by atoms with van der Waals surface area (Å²) >= 11 is 0. The first kappa shape index (κ1) is 30.6. The number of hydrogen-bond donors (Lipinski definition) is 0. The van der Waals surface area contributed by atoms with Crippen LogP contribution < -0.4 is 14.2 Å². The molecule has 1 fully saturated rings. The van der Waals surface area contributed by atoms with Crippen molar-refractivity contribution in [3.63, 3.8) is 0 Å². The first-order valence-corrected chi connectivity index (χ1v) is 13.7. The van der Waals surface area contributed by atoms with Gasteiger partial charge in [0.05, 0.1) is 53.9 Å². The minimum Gasteiger partial charge on any atom is -0.497 e. The molecule has 4 rings (SSSR count). The predicted molar refractivity (Wildman–Crippen MR) is 155 cm³/mol. The summed E-state index contributed by atoms with van der Waals surface area (Å²) in [5, 5.41) is 0. The highest BCUT2D eigenvalue weighted by Gasteiger charge is 2.47. The maximum atomic E-state index is 6.58. The van der Waals surface area contributed by atoms with Crippen molar-refractivity contribution in [2.24, 2.45) is 0 Å². The fourth-order valence-electron chi connectivity index (χ4n) is 4.61. The van der Waals surface area contributed by atoms with Crippen LogP contribution in [0.15, 0.2) is 85.5 Å². The van der Waals surface area contributed by atoms with Crippen LogP contribution in [-0.2, 0) is 43.5 Å². The lowest BCUT2D eigenvalue weighted by Gasteiger charge is -2.45. The third-order valence-electron chi connectivity index (χ3n) is 6.91. The van der Waals surface area contributed by atoms with Crippen LogP contribution in [-0.4, -0.2) is 58.6 Å². The Morgan fingerprint density at radius 2 is 0.976 bits per heavy atom. The average Bonchev–Trinajstić information content (AvgIpc) is 3.02. The second-order valence-electron chi connectivity index (χ2n) is 9.70. The summed E-state index contributed by atoms with van der Waals surface area (Å²) in [6, 6.07) is 23.3. The molecule has 8 nitrogen and oxygen atoms in total. The molecule has 1 saturated heterocycles. The number of hydrogen-bond acceptors (Lipinski definition) is 8. The molecule has 0 amide bonds. The lowest BCUT2D eigenvalue weighted by Crippen LogP contribution is -2.60. The first-order valence-electron chi connectivity index (χ1n) is 13.7. The highest BCUT2D eigenvalue weighted by Crippen LogP contribution is 2.31. The summed E-state index contributed by atoms with van der Waals surface area (Å²) < 4.78 is 47.8. The van der Waals surface area contributed by atoms with Crippen molar-refractivity contribution in [1.82, 2.24) is 0 Å². The highest BCUT2D eigenvalue weighted by molar-refractivity contribution is 5.28. The summed E-state index contributed by atoms with van der Waals surface area (Å²) in [5.41, 5.74) is 2.99. The number of ether oxygens (including phenoxy) is 8. The maximum Gasteiger partial charge on any atom is 0.187 e. The van der Waals surface area contributed by atoms with Gasteiger partial charge in [-0.05, 0) is 60.0 Å². The van der Waals surface area contributed by atoms with Gasteiger partial charge in [-0.3, -0.25) is 0 Å². The van der Waals surface area contributed by atoms with Gasteiger partial charge in [0.15, 0.2) is 6.29 Å². The molecule has 3 aromatic carbocycles. The molecule has 1 aliphatic heterocycles. The smallest absolute Gasteiger partial charge is 0.187 e. The van der Waals surface area contributed by atoms with Crippen molar-refractivity contribution in [1.29, 1.82) is 0 Å². The molecule has 0 bridgehead atoms. The van der Waals surface area contributed by atoms with Crippen LogP contribution in [0.2, 0.25) is 0 Å². The third-order valence-corrected chi connectivity index (χ3v) is 6.91. The summed E-state index contributed by atoms with van der Waals surface area (Å²) in [5.74, 6) is 2.36. The topological polar surface area (TPSA) is 73.8 Å². The second kappa shape index (κ2) is 15.6. The van der Waals surface area contributed by atoms with Gasteiger partial charge in [0.1, 0.15) is 35.6 Å². The van der Waals surface area contributed by atoms with Gasteiger partial charge in [0.2, 0.25) is 0 Å². The van der Waals surface area contributed by atoms with Gasteiger partial charge in [-0.15, -0.1) is 6.58 Å². The van der Waals surface area contributed by atoms with Crippen LogP contribution in [0.3, 0.4) is 0 Å². The van der Waals surface area contributed by atoms with Crippen molar-refractivity contribution < 1.29 is 37.9 Å². The molecule has 5 atom stereocenters. The number of benzene rings is 3. The normalized spacial score (nSPS) is 22.2. The van der Waals surface area contributed by atoms with Gasteiger partial charge in [0.25, 0.3) is 0 Å². The maximum absolute atomic E-state index is 6.58. The summed E-state index contributed by atoms with van der Waals surface area (Å²) in [4.78, 5) is 0. The molecule has 0 aliphatic carbocycles. The van der Waals surface area contributed by atoms with Gasteiger partial charge in [0, 0.05) is 0 Å². The molecular weight excluding hydrogens is 524 g/mol. The van der Waals surface area contributed by atoms with Crippen LogP contribution >= 0.6 is 0 Å². The van der Waals surface area contributed by atoms with E-state index in [1.54, 1.807) is 27.4 Å². The van der Waals surface area contributed by atoms with E-state index in [9.17, 15) is 0 Å². The van der Waals surface area contributed by atoms with Crippen LogP contribution in [0, 0.1) is 0 Å². The van der Waals surface area contributed by atoms with E-state index in [4.69, 9.17) is 37.9 Å². The van der Waals surface area contributed by atoms with Crippen molar-refractivity contribution in [2.45, 2.75) is 57.5 Å². The quantitative estimate of drug-likeness (QED) is 0.217. The zero-order valence-electron chi connectivity index (χ0n) is 24.2. The molecule has 1 aliphatic rings. The van der Waals surface area contributed by atoms with Gasteiger partial charge < -0.3 is 37.9 Å². The Kier molecular flexibility index (Phi) is 11.6. The molecule has 0 saturated carbocycles. The molecule has 1 heterocycles. The van der Waals surface area contributed by atoms with E-state index in [1.165, 1.54) is 0 Å². The zero-order chi connectivity index (χ0) is 29.0. The SMILES string of the molecule is C=CCO[C@@H]1O[C@@H](C)[C@@H](OCc2ccc(OC)cc2)[C@@H](OCc2ccc(OC)cc2)[C@@H]1OCc1ccc(OC)cc1. The van der Waals surface area contributed by atoms with Crippen LogP contribution in [0.4, 0.5) is 0 Å². The van der Waals surface area contributed by atoms with E-state index in [0.29, 0.717) is 26.4 Å². The van der Waals surface area contributed by atoms with E-state index in [1.807, 2.05) is 79.7 Å². The summed E-state index contributed by atoms with van der Waals surface area (Å²) in [7, 11) is 4.94. The Morgan fingerprint density at radius 3 is 1.37 bits per heavy atom. The van der Waals surface area contributed by atoms with Crippen molar-refractivity contribution in [2.75, 3.05) is 27.9 Å². The average molecular weight is 565 g/mol. The Balaban J connectivity index is 1.56. The largest absolute Gasteiger partial charge is 0.497 e. The van der Waals surface area contributed by atoms with Gasteiger partial charge in [-0.1, -0.05) is 42.5 Å². The van der Waals surface area contributed by atoms with E-state index >= 15 is 0 Å². The molecule has 220 valence electrons. The fourth-order valence-corrected chi connectivity index (χ4v) is 4.61. The van der Waals surface area contributed by atoms with E-state index in [2.05, 4.69) is 6.58 Å². The van der Waals surface area contributed by atoms with E-state index in [-0.39, 0.29) is 6.10 Å². The van der Waals surface area contributed by atoms with Crippen LogP contribution in [0.1, 0.15) is 23.6 Å². The predicted octanol–water partition coefficient (Wildman–Crippen LogP) is 5.72. The Labute approximate surface area is 242 Å². The minimum atomic E-state index is -0.678. The monoisotopic (exact) mass is 564 g/mol. The first-order chi connectivity index (χ1) is 20.0. The third kappa shape index (κ3) is 8.55. The Bertz CT molecular complexity index is 1180. The van der Waals surface area contributed by atoms with Crippen molar-refractivity contribution in [3.8, 4) is 17.2 Å². The lowest BCUT2D eigenvalue weighted by molar-refractivity contribution is -0.318. The molecule has 0 aromatic heterocycles. The van der Waals surface area contributed by atoms with Crippen molar-refractivity contribution >= 4 is 0 Å². The van der Waals surface area contributed by atoms with E-state index < -0.39 is 24.6 Å². The molecule has 0 radical (unpaired) electrons. The Morgan fingerprint density at radius 1 is 0.585 bits per heavy atom. The molecule has 0 N–H and O–H groups in total.